The molecule has 0 aliphatic rings. The molecule has 0 atom stereocenters. The van der Waals surface area contributed by atoms with Crippen molar-refractivity contribution in [2.24, 2.45) is 0 Å². The molecule has 0 saturated heterocycles. The fourth-order valence-corrected chi connectivity index (χ4v) is 3.41. The monoisotopic (exact) mass is 428 g/mol. The summed E-state index contributed by atoms with van der Waals surface area (Å²) in [4.78, 5) is 10.9. The molecule has 0 aliphatic carbocycles. The number of carbonyl (C=O) groups is 1. The Bertz CT molecular complexity index is 787. The molecule has 2 rings (SSSR count). The molecule has 5 nitrogen and oxygen atoms in total. The van der Waals surface area contributed by atoms with E-state index in [4.69, 9.17) is 18.9 Å². The van der Waals surface area contributed by atoms with E-state index in [1.807, 2.05) is 18.2 Å². The van der Waals surface area contributed by atoms with Crippen LogP contribution in [-0.2, 0) is 0 Å². The number of rotatable bonds is 16. The van der Waals surface area contributed by atoms with Crippen LogP contribution in [0.3, 0.4) is 0 Å². The minimum absolute atomic E-state index is 0.596. The van der Waals surface area contributed by atoms with Gasteiger partial charge < -0.3 is 18.9 Å². The lowest BCUT2D eigenvalue weighted by Gasteiger charge is -2.11. The van der Waals surface area contributed by atoms with Crippen LogP contribution < -0.4 is 18.9 Å². The zero-order valence-electron chi connectivity index (χ0n) is 19.2. The van der Waals surface area contributed by atoms with E-state index in [9.17, 15) is 4.79 Å². The van der Waals surface area contributed by atoms with Gasteiger partial charge in [-0.2, -0.15) is 0 Å². The van der Waals surface area contributed by atoms with Crippen molar-refractivity contribution in [1.29, 1.82) is 0 Å². The van der Waals surface area contributed by atoms with Gasteiger partial charge in [0.2, 0.25) is 0 Å². The summed E-state index contributed by atoms with van der Waals surface area (Å²) in [6, 6.07) is 11.2. The van der Waals surface area contributed by atoms with Gasteiger partial charge in [0.25, 0.3) is 0 Å². The van der Waals surface area contributed by atoms with Crippen molar-refractivity contribution in [2.45, 2.75) is 58.3 Å². The molecule has 0 fully saturated rings. The van der Waals surface area contributed by atoms with Crippen LogP contribution in [0.15, 0.2) is 36.4 Å². The van der Waals surface area contributed by atoms with E-state index in [-0.39, 0.29) is 0 Å². The topological polar surface area (TPSA) is 54.0 Å². The van der Waals surface area contributed by atoms with Gasteiger partial charge in [-0.15, -0.1) is 0 Å². The first-order valence-electron chi connectivity index (χ1n) is 11.2. The summed E-state index contributed by atoms with van der Waals surface area (Å²) in [5.74, 6) is 2.93. The number of unbranched alkanes of at least 4 members (excludes halogenated alkanes) is 7. The highest BCUT2D eigenvalue weighted by atomic mass is 16.5. The Labute approximate surface area is 186 Å². The maximum Gasteiger partial charge on any atom is 0.161 e. The van der Waals surface area contributed by atoms with Crippen LogP contribution in [-0.4, -0.2) is 33.7 Å². The largest absolute Gasteiger partial charge is 0.493 e. The van der Waals surface area contributed by atoms with Crippen LogP contribution in [0, 0.1) is 6.92 Å². The second-order valence-electron chi connectivity index (χ2n) is 7.71. The van der Waals surface area contributed by atoms with Crippen molar-refractivity contribution in [2.75, 3.05) is 27.4 Å². The third-order valence-corrected chi connectivity index (χ3v) is 5.20. The first-order valence-corrected chi connectivity index (χ1v) is 11.2. The van der Waals surface area contributed by atoms with Gasteiger partial charge in [-0.05, 0) is 55.7 Å². The second-order valence-corrected chi connectivity index (χ2v) is 7.71. The smallest absolute Gasteiger partial charge is 0.161 e. The molecule has 0 spiro atoms. The van der Waals surface area contributed by atoms with Gasteiger partial charge in [0.05, 0.1) is 27.4 Å². The molecule has 0 aliphatic heterocycles. The third kappa shape index (κ3) is 8.91. The molecule has 0 saturated carbocycles. The fourth-order valence-electron chi connectivity index (χ4n) is 3.41. The van der Waals surface area contributed by atoms with E-state index in [1.165, 1.54) is 37.7 Å². The molecule has 170 valence electrons. The van der Waals surface area contributed by atoms with Crippen LogP contribution in [0.5, 0.6) is 23.0 Å². The lowest BCUT2D eigenvalue weighted by Crippen LogP contribution is -2.00. The zero-order valence-corrected chi connectivity index (χ0v) is 19.2. The zero-order chi connectivity index (χ0) is 22.3. The Morgan fingerprint density at radius 1 is 0.645 bits per heavy atom. The SMILES string of the molecule is COc1ccc(C)cc1OCCCCCCCCCCOc1cc(C=O)ccc1OC. The van der Waals surface area contributed by atoms with Gasteiger partial charge in [0.15, 0.2) is 23.0 Å². The molecular weight excluding hydrogens is 392 g/mol. The number of benzene rings is 2. The molecule has 0 heterocycles. The van der Waals surface area contributed by atoms with Crippen LogP contribution in [0.4, 0.5) is 0 Å². The summed E-state index contributed by atoms with van der Waals surface area (Å²) in [7, 11) is 3.28. The van der Waals surface area contributed by atoms with Crippen molar-refractivity contribution in [3.63, 3.8) is 0 Å². The van der Waals surface area contributed by atoms with Gasteiger partial charge in [-0.3, -0.25) is 4.79 Å². The van der Waals surface area contributed by atoms with E-state index in [2.05, 4.69) is 6.92 Å². The Morgan fingerprint density at radius 2 is 1.13 bits per heavy atom. The lowest BCUT2D eigenvalue weighted by atomic mass is 10.1. The molecule has 0 bridgehead atoms. The van der Waals surface area contributed by atoms with E-state index in [0.29, 0.717) is 23.7 Å². The van der Waals surface area contributed by atoms with Gasteiger partial charge in [0, 0.05) is 5.56 Å². The predicted octanol–water partition coefficient (Wildman–Crippen LogP) is 6.40. The normalized spacial score (nSPS) is 10.5. The number of hydrogen-bond acceptors (Lipinski definition) is 5. The van der Waals surface area contributed by atoms with Crippen molar-refractivity contribution < 1.29 is 23.7 Å². The first kappa shape index (κ1) is 24.6. The summed E-state index contributed by atoms with van der Waals surface area (Å²) in [6.07, 6.45) is 10.2. The average Bonchev–Trinajstić information content (AvgIpc) is 2.79. The van der Waals surface area contributed by atoms with Crippen LogP contribution >= 0.6 is 0 Å². The van der Waals surface area contributed by atoms with Gasteiger partial charge in [0.1, 0.15) is 6.29 Å². The minimum Gasteiger partial charge on any atom is -0.493 e. The van der Waals surface area contributed by atoms with Crippen molar-refractivity contribution >= 4 is 6.29 Å². The quantitative estimate of drug-likeness (QED) is 0.229. The summed E-state index contributed by atoms with van der Waals surface area (Å²) in [5.41, 5.74) is 1.77. The summed E-state index contributed by atoms with van der Waals surface area (Å²) < 4.78 is 22.3. The van der Waals surface area contributed by atoms with Gasteiger partial charge in [-0.25, -0.2) is 0 Å². The molecular formula is C26H36O5. The maximum absolute atomic E-state index is 10.9. The Balaban J connectivity index is 1.48. The third-order valence-electron chi connectivity index (χ3n) is 5.20. The van der Waals surface area contributed by atoms with Gasteiger partial charge in [-0.1, -0.05) is 44.6 Å². The molecule has 0 aromatic heterocycles. The molecule has 5 heteroatoms. The van der Waals surface area contributed by atoms with Crippen LogP contribution in [0.2, 0.25) is 0 Å². The minimum atomic E-state index is 0.596. The van der Waals surface area contributed by atoms with Crippen molar-refractivity contribution in [3.8, 4) is 23.0 Å². The second kappa shape index (κ2) is 14.3. The first-order chi connectivity index (χ1) is 15.2. The number of aryl methyl sites for hydroxylation is 1. The molecule has 0 unspecified atom stereocenters. The molecule has 0 N–H and O–H groups in total. The molecule has 2 aromatic rings. The van der Waals surface area contributed by atoms with Crippen molar-refractivity contribution in [3.05, 3.63) is 47.5 Å². The summed E-state index contributed by atoms with van der Waals surface area (Å²) >= 11 is 0. The number of aldehydes is 1. The Hall–Kier alpha value is -2.69. The van der Waals surface area contributed by atoms with E-state index in [1.54, 1.807) is 32.4 Å². The average molecular weight is 429 g/mol. The summed E-state index contributed by atoms with van der Waals surface area (Å²) in [5, 5.41) is 0. The summed E-state index contributed by atoms with van der Waals surface area (Å²) in [6.45, 7) is 3.42. The number of methoxy groups -OCH3 is 2. The number of ether oxygens (including phenoxy) is 4. The fraction of sp³-hybridized carbons (Fsp3) is 0.500. The number of carbonyl (C=O) groups excluding carboxylic acids is 1. The van der Waals surface area contributed by atoms with Crippen LogP contribution in [0.1, 0.15) is 67.3 Å². The van der Waals surface area contributed by atoms with Gasteiger partial charge >= 0.3 is 0 Å². The highest BCUT2D eigenvalue weighted by molar-refractivity contribution is 5.76. The van der Waals surface area contributed by atoms with E-state index in [0.717, 1.165) is 43.7 Å². The predicted molar refractivity (Wildman–Crippen MR) is 124 cm³/mol. The maximum atomic E-state index is 10.9. The molecule has 31 heavy (non-hydrogen) atoms. The lowest BCUT2D eigenvalue weighted by molar-refractivity contribution is 0.112. The highest BCUT2D eigenvalue weighted by Gasteiger charge is 2.06. The Morgan fingerprint density at radius 3 is 1.65 bits per heavy atom. The Kier molecular flexibility index (Phi) is 11.4. The molecule has 0 radical (unpaired) electrons. The van der Waals surface area contributed by atoms with E-state index < -0.39 is 0 Å². The van der Waals surface area contributed by atoms with Crippen LogP contribution in [0.25, 0.3) is 0 Å². The standard InChI is InChI=1S/C26H36O5/c1-21-12-14-23(28-2)25(18-21)30-16-10-8-6-4-5-7-9-11-17-31-26-19-22(20-27)13-15-24(26)29-3/h12-15,18-20H,4-11,16-17H2,1-3H3. The van der Waals surface area contributed by atoms with Crippen molar-refractivity contribution in [1.82, 2.24) is 0 Å². The highest BCUT2D eigenvalue weighted by Crippen LogP contribution is 2.29. The van der Waals surface area contributed by atoms with E-state index >= 15 is 0 Å². The number of hydrogen-bond donors (Lipinski definition) is 0. The molecule has 2 aromatic carbocycles. The molecule has 0 amide bonds.